The molecular formula is C23H48O2Si2. The molecule has 0 aromatic carbocycles. The van der Waals surface area contributed by atoms with Crippen LogP contribution in [-0.2, 0) is 8.85 Å². The third-order valence-electron chi connectivity index (χ3n) is 6.58. The molecule has 0 saturated heterocycles. The van der Waals surface area contributed by atoms with Crippen LogP contribution in [-0.4, -0.2) is 28.8 Å². The van der Waals surface area contributed by atoms with E-state index in [2.05, 4.69) is 87.0 Å². The minimum atomic E-state index is -1.77. The van der Waals surface area contributed by atoms with Gasteiger partial charge in [-0.15, -0.1) is 5.73 Å². The zero-order valence-electron chi connectivity index (χ0n) is 20.3. The Morgan fingerprint density at radius 1 is 0.815 bits per heavy atom. The molecule has 0 saturated carbocycles. The molecular weight excluding hydrogens is 364 g/mol. The summed E-state index contributed by atoms with van der Waals surface area (Å²) in [7, 11) is -3.49. The SMILES string of the molecule is C=C=CCC[C@H](CC[C@@H](CC)O[Si](C)(C)C(C)(C)C)O[Si](C)(C)C(C)(C)C. The van der Waals surface area contributed by atoms with E-state index < -0.39 is 16.6 Å². The van der Waals surface area contributed by atoms with E-state index in [-0.39, 0.29) is 10.1 Å². The van der Waals surface area contributed by atoms with Crippen molar-refractivity contribution in [2.45, 2.75) is 129 Å². The number of hydrogen-bond acceptors (Lipinski definition) is 2. The topological polar surface area (TPSA) is 18.5 Å². The summed E-state index contributed by atoms with van der Waals surface area (Å²) in [6, 6.07) is 0. The largest absolute Gasteiger partial charge is 0.414 e. The number of allylic oxidation sites excluding steroid dienone is 1. The molecule has 160 valence electrons. The van der Waals surface area contributed by atoms with E-state index in [4.69, 9.17) is 8.85 Å². The lowest BCUT2D eigenvalue weighted by Gasteiger charge is -2.41. The molecule has 0 heterocycles. The van der Waals surface area contributed by atoms with Crippen molar-refractivity contribution >= 4 is 16.6 Å². The van der Waals surface area contributed by atoms with Gasteiger partial charge in [0, 0.05) is 12.2 Å². The van der Waals surface area contributed by atoms with E-state index >= 15 is 0 Å². The first-order valence-corrected chi connectivity index (χ1v) is 16.6. The fourth-order valence-electron chi connectivity index (χ4n) is 2.54. The van der Waals surface area contributed by atoms with E-state index in [1.807, 2.05) is 6.08 Å². The third kappa shape index (κ3) is 9.28. The van der Waals surface area contributed by atoms with Crippen molar-refractivity contribution in [2.75, 3.05) is 0 Å². The monoisotopic (exact) mass is 412 g/mol. The van der Waals surface area contributed by atoms with Crippen molar-refractivity contribution in [1.82, 2.24) is 0 Å². The van der Waals surface area contributed by atoms with Crippen LogP contribution in [0.4, 0.5) is 0 Å². The van der Waals surface area contributed by atoms with Crippen molar-refractivity contribution < 1.29 is 8.85 Å². The summed E-state index contributed by atoms with van der Waals surface area (Å²) in [5, 5.41) is 0.494. The molecule has 0 spiro atoms. The molecule has 0 aliphatic heterocycles. The second-order valence-electron chi connectivity index (χ2n) is 11.0. The zero-order chi connectivity index (χ0) is 21.5. The van der Waals surface area contributed by atoms with Gasteiger partial charge < -0.3 is 8.85 Å². The summed E-state index contributed by atoms with van der Waals surface area (Å²) in [5.74, 6) is 0. The Morgan fingerprint density at radius 3 is 1.59 bits per heavy atom. The van der Waals surface area contributed by atoms with Crippen molar-refractivity contribution in [1.29, 1.82) is 0 Å². The Balaban J connectivity index is 5.07. The minimum absolute atomic E-state index is 0.237. The van der Waals surface area contributed by atoms with Crippen molar-refractivity contribution in [3.05, 3.63) is 18.4 Å². The van der Waals surface area contributed by atoms with Crippen molar-refractivity contribution in [3.63, 3.8) is 0 Å². The normalized spacial score (nSPS) is 16.0. The maximum Gasteiger partial charge on any atom is 0.192 e. The molecule has 4 heteroatoms. The van der Waals surface area contributed by atoms with Crippen LogP contribution >= 0.6 is 0 Å². The summed E-state index contributed by atoms with van der Waals surface area (Å²) in [5.41, 5.74) is 2.90. The average Bonchev–Trinajstić information content (AvgIpc) is 2.48. The molecule has 0 aliphatic rings. The molecule has 0 aromatic rings. The molecule has 27 heavy (non-hydrogen) atoms. The summed E-state index contributed by atoms with van der Waals surface area (Å²) in [6.45, 7) is 29.3. The van der Waals surface area contributed by atoms with Crippen LogP contribution in [0.2, 0.25) is 36.3 Å². The first-order chi connectivity index (χ1) is 12.1. The molecule has 0 unspecified atom stereocenters. The second-order valence-corrected chi connectivity index (χ2v) is 20.5. The number of hydrogen-bond donors (Lipinski definition) is 0. The van der Waals surface area contributed by atoms with Gasteiger partial charge in [-0.05, 0) is 74.4 Å². The smallest absolute Gasteiger partial charge is 0.192 e. The Labute approximate surface area is 173 Å². The maximum absolute atomic E-state index is 6.77. The third-order valence-corrected chi connectivity index (χ3v) is 15.6. The Bertz CT molecular complexity index is 478. The quantitative estimate of drug-likeness (QED) is 0.252. The zero-order valence-corrected chi connectivity index (χ0v) is 22.3. The first-order valence-electron chi connectivity index (χ1n) is 10.8. The lowest BCUT2D eigenvalue weighted by atomic mass is 10.0. The molecule has 2 atom stereocenters. The van der Waals surface area contributed by atoms with E-state index in [0.717, 1.165) is 32.1 Å². The van der Waals surface area contributed by atoms with Gasteiger partial charge in [-0.2, -0.15) is 0 Å². The molecule has 0 radical (unpaired) electrons. The maximum atomic E-state index is 6.77. The predicted molar refractivity (Wildman–Crippen MR) is 127 cm³/mol. The predicted octanol–water partition coefficient (Wildman–Crippen LogP) is 8.08. The Morgan fingerprint density at radius 2 is 1.22 bits per heavy atom. The van der Waals surface area contributed by atoms with Gasteiger partial charge in [-0.1, -0.05) is 55.0 Å². The van der Waals surface area contributed by atoms with Crippen LogP contribution in [0.5, 0.6) is 0 Å². The lowest BCUT2D eigenvalue weighted by Crippen LogP contribution is -2.45. The average molecular weight is 413 g/mol. The van der Waals surface area contributed by atoms with Gasteiger partial charge in [0.2, 0.25) is 0 Å². The van der Waals surface area contributed by atoms with Crippen LogP contribution < -0.4 is 0 Å². The van der Waals surface area contributed by atoms with Crippen LogP contribution in [0.1, 0.15) is 80.6 Å². The summed E-state index contributed by atoms with van der Waals surface area (Å²) < 4.78 is 13.5. The molecule has 0 bridgehead atoms. The molecule has 0 amide bonds. The van der Waals surface area contributed by atoms with Crippen LogP contribution in [0.25, 0.3) is 0 Å². The van der Waals surface area contributed by atoms with Crippen molar-refractivity contribution in [3.8, 4) is 0 Å². The van der Waals surface area contributed by atoms with E-state index in [0.29, 0.717) is 12.2 Å². The minimum Gasteiger partial charge on any atom is -0.414 e. The standard InChI is InChI=1S/C23H48O2Si2/c1-13-15-16-17-21(25-27(11,12)23(6,7)8)19-18-20(14-2)24-26(9,10)22(3,4)5/h15,20-21H,1,14,16-19H2,2-12H3/t20-,21-/m1/s1. The van der Waals surface area contributed by atoms with Gasteiger partial charge in [0.15, 0.2) is 16.6 Å². The van der Waals surface area contributed by atoms with Gasteiger partial charge in [-0.25, -0.2) is 0 Å². The van der Waals surface area contributed by atoms with Crippen LogP contribution in [0.3, 0.4) is 0 Å². The Hall–Kier alpha value is -0.126. The van der Waals surface area contributed by atoms with E-state index in [9.17, 15) is 0 Å². The first kappa shape index (κ1) is 26.9. The molecule has 0 aromatic heterocycles. The number of rotatable bonds is 11. The van der Waals surface area contributed by atoms with Crippen LogP contribution in [0.15, 0.2) is 18.4 Å². The summed E-state index contributed by atoms with van der Waals surface area (Å²) in [4.78, 5) is 0. The summed E-state index contributed by atoms with van der Waals surface area (Å²) >= 11 is 0. The van der Waals surface area contributed by atoms with Crippen molar-refractivity contribution in [2.24, 2.45) is 0 Å². The molecule has 0 N–H and O–H groups in total. The fraction of sp³-hybridized carbons (Fsp3) is 0.870. The van der Waals surface area contributed by atoms with Gasteiger partial charge >= 0.3 is 0 Å². The van der Waals surface area contributed by atoms with Gasteiger partial charge in [0.1, 0.15) is 0 Å². The molecule has 0 fully saturated rings. The fourth-order valence-corrected chi connectivity index (χ4v) is 5.43. The van der Waals surface area contributed by atoms with E-state index in [1.54, 1.807) is 0 Å². The highest BCUT2D eigenvalue weighted by Crippen LogP contribution is 2.40. The Kier molecular flexibility index (Phi) is 10.5. The van der Waals surface area contributed by atoms with Gasteiger partial charge in [0.05, 0.1) is 0 Å². The summed E-state index contributed by atoms with van der Waals surface area (Å²) in [6.07, 6.45) is 7.94. The van der Waals surface area contributed by atoms with Gasteiger partial charge in [0.25, 0.3) is 0 Å². The van der Waals surface area contributed by atoms with Crippen LogP contribution in [0, 0.1) is 0 Å². The highest BCUT2D eigenvalue weighted by molar-refractivity contribution is 6.74. The lowest BCUT2D eigenvalue weighted by molar-refractivity contribution is 0.117. The highest BCUT2D eigenvalue weighted by atomic mass is 28.4. The molecule has 0 rings (SSSR count). The second kappa shape index (κ2) is 10.6. The van der Waals surface area contributed by atoms with Gasteiger partial charge in [-0.3, -0.25) is 0 Å². The molecule has 0 aliphatic carbocycles. The highest BCUT2D eigenvalue weighted by Gasteiger charge is 2.40. The molecule has 2 nitrogen and oxygen atoms in total. The van der Waals surface area contributed by atoms with E-state index in [1.165, 1.54) is 0 Å².